The van der Waals surface area contributed by atoms with E-state index < -0.39 is 0 Å². The van der Waals surface area contributed by atoms with Crippen LogP contribution in [0.15, 0.2) is 0 Å². The lowest BCUT2D eigenvalue weighted by Crippen LogP contribution is -2.49. The number of hydrogen-bond acceptors (Lipinski definition) is 2. The number of carbonyl (C=O) groups is 1. The van der Waals surface area contributed by atoms with Gasteiger partial charge in [0.05, 0.1) is 0 Å². The van der Waals surface area contributed by atoms with Gasteiger partial charge in [-0.15, -0.1) is 11.6 Å². The fourth-order valence-corrected chi connectivity index (χ4v) is 4.43. The molecule has 2 N–H and O–H groups in total. The Morgan fingerprint density at radius 1 is 1.37 bits per heavy atom. The number of halogens is 1. The van der Waals surface area contributed by atoms with Crippen molar-refractivity contribution >= 4 is 17.5 Å². The first-order chi connectivity index (χ1) is 8.78. The zero-order valence-corrected chi connectivity index (χ0v) is 13.2. The molecule has 1 heterocycles. The summed E-state index contributed by atoms with van der Waals surface area (Å²) >= 11 is 5.92. The van der Waals surface area contributed by atoms with Crippen LogP contribution in [0.4, 0.5) is 0 Å². The molecular formula is C15H27ClN2O. The maximum atomic E-state index is 12.2. The second kappa shape index (κ2) is 5.25. The summed E-state index contributed by atoms with van der Waals surface area (Å²) in [5.74, 6) is 1.21. The van der Waals surface area contributed by atoms with Gasteiger partial charge in [0.25, 0.3) is 0 Å². The highest BCUT2D eigenvalue weighted by Crippen LogP contribution is 2.47. The first kappa shape index (κ1) is 15.1. The molecule has 1 aliphatic carbocycles. The zero-order chi connectivity index (χ0) is 14.3. The van der Waals surface area contributed by atoms with Crippen molar-refractivity contribution in [3.63, 3.8) is 0 Å². The largest absolute Gasteiger partial charge is 0.339 e. The van der Waals surface area contributed by atoms with Gasteiger partial charge in [0.15, 0.2) is 0 Å². The van der Waals surface area contributed by atoms with Gasteiger partial charge in [-0.3, -0.25) is 4.79 Å². The third kappa shape index (κ3) is 3.25. The molecule has 0 aromatic heterocycles. The lowest BCUT2D eigenvalue weighted by atomic mass is 9.62. The molecule has 1 aliphatic heterocycles. The van der Waals surface area contributed by atoms with Gasteiger partial charge in [-0.25, -0.2) is 0 Å². The van der Waals surface area contributed by atoms with E-state index in [1.165, 1.54) is 0 Å². The molecule has 1 amide bonds. The normalized spacial score (nSPS) is 38.8. The van der Waals surface area contributed by atoms with E-state index >= 15 is 0 Å². The van der Waals surface area contributed by atoms with Crippen molar-refractivity contribution in [2.24, 2.45) is 22.5 Å². The first-order valence-corrected chi connectivity index (χ1v) is 7.87. The fourth-order valence-electron chi connectivity index (χ4n) is 4.22. The van der Waals surface area contributed by atoms with Crippen LogP contribution in [0.5, 0.6) is 0 Å². The van der Waals surface area contributed by atoms with E-state index in [-0.39, 0.29) is 16.7 Å². The molecular weight excluding hydrogens is 260 g/mol. The van der Waals surface area contributed by atoms with Crippen molar-refractivity contribution in [3.8, 4) is 0 Å². The Bertz CT molecular complexity index is 358. The average molecular weight is 287 g/mol. The van der Waals surface area contributed by atoms with Crippen molar-refractivity contribution in [1.29, 1.82) is 0 Å². The highest BCUT2D eigenvalue weighted by Gasteiger charge is 2.45. The van der Waals surface area contributed by atoms with Crippen molar-refractivity contribution < 1.29 is 4.79 Å². The molecule has 0 spiro atoms. The SMILES string of the molecule is CC1(C)CC(N2CC(CCl)CC2=O)CC(C)(CN)C1. The highest BCUT2D eigenvalue weighted by molar-refractivity contribution is 6.18. The summed E-state index contributed by atoms with van der Waals surface area (Å²) < 4.78 is 0. The summed E-state index contributed by atoms with van der Waals surface area (Å²) in [6.07, 6.45) is 3.89. The van der Waals surface area contributed by atoms with E-state index in [2.05, 4.69) is 25.7 Å². The van der Waals surface area contributed by atoms with Crippen LogP contribution in [-0.2, 0) is 4.79 Å². The number of nitrogens with two attached hydrogens (primary N) is 1. The van der Waals surface area contributed by atoms with Crippen LogP contribution in [0, 0.1) is 16.7 Å². The molecule has 0 bridgehead atoms. The van der Waals surface area contributed by atoms with Crippen LogP contribution in [0.1, 0.15) is 46.5 Å². The Hall–Kier alpha value is -0.280. The summed E-state index contributed by atoms with van der Waals surface area (Å²) in [6, 6.07) is 0.345. The smallest absolute Gasteiger partial charge is 0.223 e. The Labute approximate surface area is 121 Å². The number of carbonyl (C=O) groups excluding carboxylic acids is 1. The predicted octanol–water partition coefficient (Wildman–Crippen LogP) is 2.62. The fraction of sp³-hybridized carbons (Fsp3) is 0.933. The van der Waals surface area contributed by atoms with Crippen molar-refractivity contribution in [1.82, 2.24) is 4.90 Å². The first-order valence-electron chi connectivity index (χ1n) is 7.34. The van der Waals surface area contributed by atoms with E-state index in [1.54, 1.807) is 0 Å². The zero-order valence-electron chi connectivity index (χ0n) is 12.4. The monoisotopic (exact) mass is 286 g/mol. The Kier molecular flexibility index (Phi) is 4.18. The number of rotatable bonds is 3. The molecule has 4 heteroatoms. The molecule has 19 heavy (non-hydrogen) atoms. The molecule has 0 radical (unpaired) electrons. The van der Waals surface area contributed by atoms with Crippen LogP contribution in [0.2, 0.25) is 0 Å². The van der Waals surface area contributed by atoms with Gasteiger partial charge in [0, 0.05) is 24.9 Å². The van der Waals surface area contributed by atoms with Crippen molar-refractivity contribution in [2.75, 3.05) is 19.0 Å². The van der Waals surface area contributed by atoms with Gasteiger partial charge in [-0.05, 0) is 42.6 Å². The number of nitrogens with zero attached hydrogens (tertiary/aromatic N) is 1. The topological polar surface area (TPSA) is 46.3 Å². The minimum atomic E-state index is 0.158. The summed E-state index contributed by atoms with van der Waals surface area (Å²) in [6.45, 7) is 8.40. The third-order valence-electron chi connectivity index (χ3n) is 4.81. The van der Waals surface area contributed by atoms with E-state index in [9.17, 15) is 4.79 Å². The molecule has 3 unspecified atom stereocenters. The van der Waals surface area contributed by atoms with Crippen LogP contribution >= 0.6 is 11.6 Å². The molecule has 1 saturated heterocycles. The molecule has 2 rings (SSSR count). The summed E-state index contributed by atoms with van der Waals surface area (Å²) in [5, 5.41) is 0. The maximum Gasteiger partial charge on any atom is 0.223 e. The lowest BCUT2D eigenvalue weighted by Gasteiger charge is -2.48. The molecule has 2 fully saturated rings. The third-order valence-corrected chi connectivity index (χ3v) is 5.25. The Balaban J connectivity index is 2.13. The highest BCUT2D eigenvalue weighted by atomic mass is 35.5. The van der Waals surface area contributed by atoms with Crippen LogP contribution in [0.25, 0.3) is 0 Å². The second-order valence-corrected chi connectivity index (χ2v) is 8.00. The van der Waals surface area contributed by atoms with Crippen molar-refractivity contribution in [3.05, 3.63) is 0 Å². The molecule has 1 saturated carbocycles. The van der Waals surface area contributed by atoms with E-state index in [1.807, 2.05) is 0 Å². The number of alkyl halides is 1. The number of likely N-dealkylation sites (tertiary alicyclic amines) is 1. The van der Waals surface area contributed by atoms with Crippen LogP contribution < -0.4 is 5.73 Å². The van der Waals surface area contributed by atoms with E-state index in [0.29, 0.717) is 30.8 Å². The molecule has 3 atom stereocenters. The summed E-state index contributed by atoms with van der Waals surface area (Å²) in [7, 11) is 0. The van der Waals surface area contributed by atoms with E-state index in [4.69, 9.17) is 17.3 Å². The molecule has 3 nitrogen and oxygen atoms in total. The Morgan fingerprint density at radius 2 is 2.05 bits per heavy atom. The van der Waals surface area contributed by atoms with Gasteiger partial charge in [-0.2, -0.15) is 0 Å². The van der Waals surface area contributed by atoms with Crippen LogP contribution in [-0.4, -0.2) is 35.8 Å². The molecule has 0 aromatic carbocycles. The van der Waals surface area contributed by atoms with Gasteiger partial charge in [-0.1, -0.05) is 20.8 Å². The number of amides is 1. The van der Waals surface area contributed by atoms with Gasteiger partial charge < -0.3 is 10.6 Å². The van der Waals surface area contributed by atoms with Gasteiger partial charge in [0.1, 0.15) is 0 Å². The summed E-state index contributed by atoms with van der Waals surface area (Å²) in [5.41, 5.74) is 6.40. The minimum absolute atomic E-state index is 0.158. The average Bonchev–Trinajstić information content (AvgIpc) is 2.68. The quantitative estimate of drug-likeness (QED) is 0.811. The maximum absolute atomic E-state index is 12.2. The number of hydrogen-bond donors (Lipinski definition) is 1. The second-order valence-electron chi connectivity index (χ2n) is 7.69. The van der Waals surface area contributed by atoms with Gasteiger partial charge >= 0.3 is 0 Å². The summed E-state index contributed by atoms with van der Waals surface area (Å²) in [4.78, 5) is 14.3. The van der Waals surface area contributed by atoms with E-state index in [0.717, 1.165) is 25.8 Å². The van der Waals surface area contributed by atoms with Crippen molar-refractivity contribution in [2.45, 2.75) is 52.5 Å². The standard InChI is InChI=1S/C15H27ClN2O/c1-14(2)5-12(6-15(3,9-14)10-17)18-8-11(7-16)4-13(18)19/h11-12H,4-10,17H2,1-3H3. The molecule has 2 aliphatic rings. The molecule has 110 valence electrons. The van der Waals surface area contributed by atoms with Gasteiger partial charge in [0.2, 0.25) is 5.91 Å². The minimum Gasteiger partial charge on any atom is -0.339 e. The Morgan fingerprint density at radius 3 is 2.58 bits per heavy atom. The molecule has 0 aromatic rings. The van der Waals surface area contributed by atoms with Crippen LogP contribution in [0.3, 0.4) is 0 Å². The lowest BCUT2D eigenvalue weighted by molar-refractivity contribution is -0.132. The predicted molar refractivity (Wildman–Crippen MR) is 79.1 cm³/mol.